The molecule has 5 nitrogen and oxygen atoms in total. The Kier molecular flexibility index (Phi) is 4.78. The van der Waals surface area contributed by atoms with Crippen LogP contribution < -0.4 is 9.04 Å². The van der Waals surface area contributed by atoms with Crippen LogP contribution in [0.25, 0.3) is 0 Å². The molecule has 0 spiro atoms. The normalized spacial score (nSPS) is 16.9. The second-order valence-electron chi connectivity index (χ2n) is 5.80. The Morgan fingerprint density at radius 1 is 1.08 bits per heavy atom. The maximum atomic E-state index is 13.0. The first-order valence-electron chi connectivity index (χ1n) is 7.88. The lowest BCUT2D eigenvalue weighted by Crippen LogP contribution is -2.35. The van der Waals surface area contributed by atoms with E-state index in [-0.39, 0.29) is 10.9 Å². The summed E-state index contributed by atoms with van der Waals surface area (Å²) in [7, 11) is -1.98. The summed E-state index contributed by atoms with van der Waals surface area (Å²) in [5.41, 5.74) is 1.83. The molecule has 2 aromatic carbocycles. The zero-order valence-corrected chi connectivity index (χ0v) is 14.6. The summed E-state index contributed by atoms with van der Waals surface area (Å²) in [5.74, 6) is 0.626. The number of benzene rings is 2. The van der Waals surface area contributed by atoms with Crippen molar-refractivity contribution in [3.63, 3.8) is 0 Å². The summed E-state index contributed by atoms with van der Waals surface area (Å²) in [5, 5.41) is 0. The summed E-state index contributed by atoms with van der Waals surface area (Å²) in [4.78, 5) is 0.269. The van der Waals surface area contributed by atoms with Gasteiger partial charge in [-0.25, -0.2) is 8.42 Å². The van der Waals surface area contributed by atoms with Gasteiger partial charge in [-0.3, -0.25) is 4.31 Å². The maximum absolute atomic E-state index is 13.0. The second-order valence-corrected chi connectivity index (χ2v) is 7.61. The van der Waals surface area contributed by atoms with Crippen molar-refractivity contribution in [2.24, 2.45) is 0 Å². The molecule has 0 amide bonds. The van der Waals surface area contributed by atoms with E-state index in [0.717, 1.165) is 17.7 Å². The van der Waals surface area contributed by atoms with Crippen molar-refractivity contribution in [2.45, 2.75) is 24.3 Å². The Morgan fingerprint density at radius 2 is 1.79 bits per heavy atom. The van der Waals surface area contributed by atoms with Crippen LogP contribution in [-0.2, 0) is 21.2 Å². The van der Waals surface area contributed by atoms with Crippen LogP contribution in [0, 0.1) is 0 Å². The zero-order valence-electron chi connectivity index (χ0n) is 13.8. The minimum Gasteiger partial charge on any atom is -0.491 e. The van der Waals surface area contributed by atoms with Crippen molar-refractivity contribution in [2.75, 3.05) is 24.6 Å². The first kappa shape index (κ1) is 16.8. The summed E-state index contributed by atoms with van der Waals surface area (Å²) in [6, 6.07) is 14.1. The molecule has 2 aromatic rings. The number of methoxy groups -OCH3 is 1. The molecule has 0 aliphatic carbocycles. The first-order chi connectivity index (χ1) is 11.5. The average molecular weight is 347 g/mol. The van der Waals surface area contributed by atoms with Crippen molar-refractivity contribution in [3.05, 3.63) is 54.1 Å². The highest BCUT2D eigenvalue weighted by Gasteiger charge is 2.35. The Morgan fingerprint density at radius 3 is 2.50 bits per heavy atom. The molecule has 1 heterocycles. The molecular formula is C18H21NO4S. The van der Waals surface area contributed by atoms with E-state index in [2.05, 4.69) is 0 Å². The lowest BCUT2D eigenvalue weighted by molar-refractivity contribution is 0.146. The first-order valence-corrected chi connectivity index (χ1v) is 9.32. The minimum absolute atomic E-state index is 0.0926. The molecule has 0 fully saturated rings. The topological polar surface area (TPSA) is 55.8 Å². The monoisotopic (exact) mass is 347 g/mol. The summed E-state index contributed by atoms with van der Waals surface area (Å²) in [6.07, 6.45) is 0.730. The molecule has 3 rings (SSSR count). The number of fused-ring (bicyclic) bond motifs is 1. The van der Waals surface area contributed by atoms with E-state index >= 15 is 0 Å². The number of nitrogens with zero attached hydrogens (tertiary/aromatic N) is 1. The Balaban J connectivity index is 1.86. The Bertz CT molecular complexity index is 802. The average Bonchev–Trinajstić information content (AvgIpc) is 2.92. The standard InChI is InChI=1S/C18H21NO4S/c1-14-13-15-5-3-4-6-18(15)19(14)24(20,21)17-9-7-16(8-10-17)23-12-11-22-2/h3-10,14H,11-13H2,1-2H3. The van der Waals surface area contributed by atoms with E-state index in [1.165, 1.54) is 4.31 Å². The number of para-hydroxylation sites is 1. The van der Waals surface area contributed by atoms with Crippen molar-refractivity contribution < 1.29 is 17.9 Å². The molecule has 1 aliphatic heterocycles. The Hall–Kier alpha value is -2.05. The molecule has 0 saturated carbocycles. The van der Waals surface area contributed by atoms with Gasteiger partial charge in [0.1, 0.15) is 12.4 Å². The number of sulfonamides is 1. The van der Waals surface area contributed by atoms with Crippen LogP contribution in [0.1, 0.15) is 12.5 Å². The second kappa shape index (κ2) is 6.83. The number of anilines is 1. The van der Waals surface area contributed by atoms with E-state index in [0.29, 0.717) is 19.0 Å². The van der Waals surface area contributed by atoms with Gasteiger partial charge >= 0.3 is 0 Å². The van der Waals surface area contributed by atoms with Gasteiger partial charge in [0.2, 0.25) is 0 Å². The molecule has 128 valence electrons. The zero-order chi connectivity index (χ0) is 17.2. The highest BCUT2D eigenvalue weighted by atomic mass is 32.2. The largest absolute Gasteiger partial charge is 0.491 e. The van der Waals surface area contributed by atoms with Gasteiger partial charge in [0.25, 0.3) is 10.0 Å². The molecule has 1 atom stereocenters. The summed E-state index contributed by atoms with van der Waals surface area (Å²) in [6.45, 7) is 2.85. The van der Waals surface area contributed by atoms with Crippen LogP contribution in [-0.4, -0.2) is 34.8 Å². The maximum Gasteiger partial charge on any atom is 0.264 e. The fourth-order valence-electron chi connectivity index (χ4n) is 2.97. The van der Waals surface area contributed by atoms with E-state index in [9.17, 15) is 8.42 Å². The van der Waals surface area contributed by atoms with Gasteiger partial charge in [-0.05, 0) is 49.2 Å². The van der Waals surface area contributed by atoms with Crippen molar-refractivity contribution in [3.8, 4) is 5.75 Å². The van der Waals surface area contributed by atoms with Crippen molar-refractivity contribution >= 4 is 15.7 Å². The van der Waals surface area contributed by atoms with Crippen LogP contribution in [0.3, 0.4) is 0 Å². The number of rotatable bonds is 6. The fraction of sp³-hybridized carbons (Fsp3) is 0.333. The van der Waals surface area contributed by atoms with E-state index in [4.69, 9.17) is 9.47 Å². The SMILES string of the molecule is COCCOc1ccc(S(=O)(=O)N2c3ccccc3CC2C)cc1. The molecule has 0 N–H and O–H groups in total. The molecular weight excluding hydrogens is 326 g/mol. The number of hydrogen-bond donors (Lipinski definition) is 0. The van der Waals surface area contributed by atoms with Gasteiger partial charge < -0.3 is 9.47 Å². The van der Waals surface area contributed by atoms with Gasteiger partial charge in [0.05, 0.1) is 17.2 Å². The van der Waals surface area contributed by atoms with E-state index in [1.807, 2.05) is 31.2 Å². The highest BCUT2D eigenvalue weighted by molar-refractivity contribution is 7.92. The molecule has 1 aliphatic rings. The smallest absolute Gasteiger partial charge is 0.264 e. The van der Waals surface area contributed by atoms with Crippen molar-refractivity contribution in [1.29, 1.82) is 0 Å². The van der Waals surface area contributed by atoms with Gasteiger partial charge in [-0.15, -0.1) is 0 Å². The van der Waals surface area contributed by atoms with Gasteiger partial charge in [0.15, 0.2) is 0 Å². The molecule has 1 unspecified atom stereocenters. The molecule has 0 saturated heterocycles. The molecule has 6 heteroatoms. The minimum atomic E-state index is -3.59. The molecule has 24 heavy (non-hydrogen) atoms. The van der Waals surface area contributed by atoms with Crippen molar-refractivity contribution in [1.82, 2.24) is 0 Å². The van der Waals surface area contributed by atoms with Crippen LogP contribution >= 0.6 is 0 Å². The van der Waals surface area contributed by atoms with Gasteiger partial charge in [0, 0.05) is 13.2 Å². The number of hydrogen-bond acceptors (Lipinski definition) is 4. The Labute approximate surface area is 142 Å². The summed E-state index contributed by atoms with van der Waals surface area (Å²) >= 11 is 0. The lowest BCUT2D eigenvalue weighted by atomic mass is 10.1. The third kappa shape index (κ3) is 3.12. The van der Waals surface area contributed by atoms with Crippen LogP contribution in [0.4, 0.5) is 5.69 Å². The van der Waals surface area contributed by atoms with E-state index < -0.39 is 10.0 Å². The predicted octanol–water partition coefficient (Wildman–Crippen LogP) is 2.85. The van der Waals surface area contributed by atoms with Crippen LogP contribution in [0.2, 0.25) is 0 Å². The van der Waals surface area contributed by atoms with Gasteiger partial charge in [-0.1, -0.05) is 18.2 Å². The molecule has 0 bridgehead atoms. The number of ether oxygens (including phenoxy) is 2. The van der Waals surface area contributed by atoms with E-state index in [1.54, 1.807) is 31.4 Å². The lowest BCUT2D eigenvalue weighted by Gasteiger charge is -2.24. The van der Waals surface area contributed by atoms with Gasteiger partial charge in [-0.2, -0.15) is 0 Å². The quantitative estimate of drug-likeness (QED) is 0.754. The fourth-order valence-corrected chi connectivity index (χ4v) is 4.66. The molecule has 0 radical (unpaired) electrons. The highest BCUT2D eigenvalue weighted by Crippen LogP contribution is 2.36. The predicted molar refractivity (Wildman–Crippen MR) is 93.1 cm³/mol. The third-order valence-corrected chi connectivity index (χ3v) is 6.02. The van der Waals surface area contributed by atoms with Crippen LogP contribution in [0.5, 0.6) is 5.75 Å². The van der Waals surface area contributed by atoms with Crippen LogP contribution in [0.15, 0.2) is 53.4 Å². The summed E-state index contributed by atoms with van der Waals surface area (Å²) < 4.78 is 38.0. The third-order valence-electron chi connectivity index (χ3n) is 4.08. The molecule has 0 aromatic heterocycles.